The van der Waals surface area contributed by atoms with Gasteiger partial charge in [0.1, 0.15) is 5.60 Å². The summed E-state index contributed by atoms with van der Waals surface area (Å²) in [5, 5.41) is 20.0. The van der Waals surface area contributed by atoms with Crippen LogP contribution < -0.4 is 9.47 Å². The van der Waals surface area contributed by atoms with E-state index in [1.807, 2.05) is 19.1 Å². The highest BCUT2D eigenvalue weighted by Crippen LogP contribution is 2.50. The normalized spacial score (nSPS) is 30.6. The summed E-state index contributed by atoms with van der Waals surface area (Å²) in [6.07, 6.45) is 9.27. The summed E-state index contributed by atoms with van der Waals surface area (Å²) in [5.74, 6) is 1.09. The number of fused-ring (bicyclic) bond motifs is 1. The van der Waals surface area contributed by atoms with Crippen LogP contribution >= 0.6 is 0 Å². The van der Waals surface area contributed by atoms with E-state index in [2.05, 4.69) is 20.4 Å². The van der Waals surface area contributed by atoms with Gasteiger partial charge in [-0.15, -0.1) is 0 Å². The number of hydrogen-bond donors (Lipinski definition) is 2. The van der Waals surface area contributed by atoms with E-state index in [1.165, 1.54) is 38.0 Å². The van der Waals surface area contributed by atoms with Crippen LogP contribution in [0.1, 0.15) is 58.4 Å². The van der Waals surface area contributed by atoms with E-state index in [9.17, 15) is 10.2 Å². The maximum Gasteiger partial charge on any atom is 0.173 e. The Bertz CT molecular complexity index is 751. The molecule has 2 N–H and O–H groups in total. The fourth-order valence-corrected chi connectivity index (χ4v) is 4.25. The molecule has 3 atom stereocenters. The van der Waals surface area contributed by atoms with Crippen LogP contribution in [-0.4, -0.2) is 22.9 Å². The van der Waals surface area contributed by atoms with Crippen LogP contribution in [-0.2, 0) is 0 Å². The Morgan fingerprint density at radius 2 is 2.04 bits per heavy atom. The average molecular weight is 358 g/mol. The minimum atomic E-state index is -0.492. The molecule has 142 valence electrons. The van der Waals surface area contributed by atoms with Gasteiger partial charge in [0.25, 0.3) is 0 Å². The number of phenolic OH excluding ortho intramolecular Hbond substituents is 2. The lowest BCUT2D eigenvalue weighted by Gasteiger charge is -2.42. The highest BCUT2D eigenvalue weighted by atomic mass is 16.5. The molecule has 0 radical (unpaired) electrons. The van der Waals surface area contributed by atoms with Gasteiger partial charge in [-0.1, -0.05) is 32.4 Å². The molecule has 0 amide bonds. The second kappa shape index (κ2) is 6.57. The number of ether oxygens (including phenoxy) is 2. The van der Waals surface area contributed by atoms with E-state index < -0.39 is 5.60 Å². The molecule has 0 spiro atoms. The van der Waals surface area contributed by atoms with Crippen molar-refractivity contribution in [1.29, 1.82) is 0 Å². The first kappa shape index (κ1) is 18.7. The molecule has 1 aliphatic carbocycles. The largest absolute Gasteiger partial charge is 0.504 e. The molecule has 1 aromatic rings. The maximum atomic E-state index is 10.1. The van der Waals surface area contributed by atoms with Crippen LogP contribution in [0.25, 0.3) is 6.08 Å². The first-order valence-electron chi connectivity index (χ1n) is 9.39. The van der Waals surface area contributed by atoms with Crippen molar-refractivity contribution in [2.75, 3.05) is 7.11 Å². The lowest BCUT2D eigenvalue weighted by molar-refractivity contribution is 0.0989. The Balaban J connectivity index is 1.82. The topological polar surface area (TPSA) is 58.9 Å². The van der Waals surface area contributed by atoms with Crippen molar-refractivity contribution in [1.82, 2.24) is 0 Å². The quantitative estimate of drug-likeness (QED) is 0.556. The lowest BCUT2D eigenvalue weighted by atomic mass is 9.65. The van der Waals surface area contributed by atoms with Gasteiger partial charge in [0, 0.05) is 6.07 Å². The molecule has 1 fully saturated rings. The smallest absolute Gasteiger partial charge is 0.173 e. The third kappa shape index (κ3) is 3.17. The number of benzene rings is 1. The van der Waals surface area contributed by atoms with Crippen LogP contribution in [0.3, 0.4) is 0 Å². The highest BCUT2D eigenvalue weighted by molar-refractivity contribution is 5.74. The molecule has 4 heteroatoms. The average Bonchev–Trinajstić information content (AvgIpc) is 2.61. The molecule has 26 heavy (non-hydrogen) atoms. The summed E-state index contributed by atoms with van der Waals surface area (Å²) in [7, 11) is 1.53. The van der Waals surface area contributed by atoms with E-state index in [0.717, 1.165) is 12.8 Å². The number of methoxy groups -OCH3 is 1. The minimum Gasteiger partial charge on any atom is -0.504 e. The second-order valence-electron chi connectivity index (χ2n) is 8.32. The molecule has 1 saturated carbocycles. The van der Waals surface area contributed by atoms with Gasteiger partial charge in [-0.3, -0.25) is 0 Å². The van der Waals surface area contributed by atoms with Gasteiger partial charge in [0.15, 0.2) is 23.0 Å². The Kier molecular flexibility index (Phi) is 4.72. The zero-order chi connectivity index (χ0) is 19.1. The summed E-state index contributed by atoms with van der Waals surface area (Å²) >= 11 is 0. The van der Waals surface area contributed by atoms with E-state index >= 15 is 0 Å². The van der Waals surface area contributed by atoms with Gasteiger partial charge in [-0.2, -0.15) is 0 Å². The molecule has 2 aliphatic rings. The summed E-state index contributed by atoms with van der Waals surface area (Å²) in [5.41, 5.74) is 1.46. The lowest BCUT2D eigenvalue weighted by Crippen LogP contribution is -2.36. The second-order valence-corrected chi connectivity index (χ2v) is 8.32. The fraction of sp³-hybridized carbons (Fsp3) is 0.545. The van der Waals surface area contributed by atoms with Crippen molar-refractivity contribution >= 4 is 6.08 Å². The first-order valence-corrected chi connectivity index (χ1v) is 9.39. The monoisotopic (exact) mass is 358 g/mol. The fourth-order valence-electron chi connectivity index (χ4n) is 4.25. The van der Waals surface area contributed by atoms with Crippen molar-refractivity contribution in [3.63, 3.8) is 0 Å². The molecule has 1 aliphatic heterocycles. The predicted octanol–water partition coefficient (Wildman–Crippen LogP) is 5.43. The van der Waals surface area contributed by atoms with Crippen molar-refractivity contribution < 1.29 is 19.7 Å². The molecule has 0 unspecified atom stereocenters. The van der Waals surface area contributed by atoms with Crippen LogP contribution in [0.2, 0.25) is 0 Å². The number of phenols is 2. The van der Waals surface area contributed by atoms with E-state index in [-0.39, 0.29) is 16.9 Å². The standard InChI is InChI=1S/C22H30O4/c1-14-7-6-9-21(3,15(14)2)11-12-22(4)10-8-16-19(24)17(23)13-18(25-5)20(16)26-22/h8,10,13-14,23-24H,2,6-7,9,11-12H2,1,3-5H3/t14-,21-,22-/m1/s1. The molecule has 0 aromatic heterocycles. The van der Waals surface area contributed by atoms with Crippen LogP contribution in [0.5, 0.6) is 23.0 Å². The molecule has 1 heterocycles. The van der Waals surface area contributed by atoms with Gasteiger partial charge in [0.05, 0.1) is 12.7 Å². The Morgan fingerprint density at radius 1 is 1.31 bits per heavy atom. The minimum absolute atomic E-state index is 0.138. The summed E-state index contributed by atoms with van der Waals surface area (Å²) in [6.45, 7) is 11.0. The van der Waals surface area contributed by atoms with Gasteiger partial charge in [-0.05, 0) is 56.1 Å². The van der Waals surface area contributed by atoms with E-state index in [0.29, 0.717) is 23.0 Å². The van der Waals surface area contributed by atoms with Crippen molar-refractivity contribution in [2.45, 2.75) is 58.5 Å². The van der Waals surface area contributed by atoms with Crippen molar-refractivity contribution in [3.8, 4) is 23.0 Å². The highest BCUT2D eigenvalue weighted by Gasteiger charge is 2.38. The SMILES string of the molecule is C=C1[C@H](C)CCC[C@]1(C)CC[C@@]1(C)C=Cc2c(O)c(O)cc(OC)c2O1. The maximum absolute atomic E-state index is 10.1. The Morgan fingerprint density at radius 3 is 2.73 bits per heavy atom. The summed E-state index contributed by atoms with van der Waals surface area (Å²) in [4.78, 5) is 0. The zero-order valence-electron chi connectivity index (χ0n) is 16.3. The van der Waals surface area contributed by atoms with E-state index in [1.54, 1.807) is 0 Å². The van der Waals surface area contributed by atoms with Gasteiger partial charge in [0.2, 0.25) is 0 Å². The van der Waals surface area contributed by atoms with Gasteiger partial charge >= 0.3 is 0 Å². The molecule has 4 nitrogen and oxygen atoms in total. The third-order valence-electron chi connectivity index (χ3n) is 6.30. The molecular formula is C22H30O4. The number of rotatable bonds is 4. The molecule has 1 aromatic carbocycles. The Labute approximate surface area is 156 Å². The summed E-state index contributed by atoms with van der Waals surface area (Å²) in [6, 6.07) is 1.39. The molecule has 0 bridgehead atoms. The predicted molar refractivity (Wildman–Crippen MR) is 104 cm³/mol. The van der Waals surface area contributed by atoms with E-state index in [4.69, 9.17) is 9.47 Å². The van der Waals surface area contributed by atoms with Crippen molar-refractivity contribution in [2.24, 2.45) is 11.3 Å². The first-order chi connectivity index (χ1) is 12.2. The number of allylic oxidation sites excluding steroid dienone is 1. The molecular weight excluding hydrogens is 328 g/mol. The molecule has 3 rings (SSSR count). The van der Waals surface area contributed by atoms with Crippen LogP contribution in [0, 0.1) is 11.3 Å². The van der Waals surface area contributed by atoms with Gasteiger partial charge in [-0.25, -0.2) is 0 Å². The van der Waals surface area contributed by atoms with Crippen LogP contribution in [0.15, 0.2) is 24.3 Å². The zero-order valence-corrected chi connectivity index (χ0v) is 16.3. The summed E-state index contributed by atoms with van der Waals surface area (Å²) < 4.78 is 11.6. The molecule has 0 saturated heterocycles. The number of aromatic hydroxyl groups is 2. The Hall–Kier alpha value is -2.10. The number of hydrogen-bond acceptors (Lipinski definition) is 4. The van der Waals surface area contributed by atoms with Crippen molar-refractivity contribution in [3.05, 3.63) is 29.9 Å². The van der Waals surface area contributed by atoms with Gasteiger partial charge < -0.3 is 19.7 Å². The third-order valence-corrected chi connectivity index (χ3v) is 6.30. The van der Waals surface area contributed by atoms with Crippen LogP contribution in [0.4, 0.5) is 0 Å².